The zero-order chi connectivity index (χ0) is 22.3. The van der Waals surface area contributed by atoms with E-state index in [-0.39, 0.29) is 18.2 Å². The number of nitrogens with one attached hydrogen (secondary N) is 2. The van der Waals surface area contributed by atoms with Crippen LogP contribution in [0.25, 0.3) is 11.4 Å². The van der Waals surface area contributed by atoms with Gasteiger partial charge >= 0.3 is 0 Å². The van der Waals surface area contributed by atoms with Crippen molar-refractivity contribution in [1.82, 2.24) is 20.8 Å². The van der Waals surface area contributed by atoms with Crippen LogP contribution >= 0.6 is 0 Å². The molecule has 4 rings (SSSR count). The molecule has 1 atom stereocenters. The molecular formula is C22H22N6O4. The number of amides is 2. The molecule has 1 aromatic carbocycles. The van der Waals surface area contributed by atoms with Crippen LogP contribution in [0.1, 0.15) is 12.3 Å². The maximum Gasteiger partial charge on any atom is 0.276 e. The second-order valence-corrected chi connectivity index (χ2v) is 7.08. The Morgan fingerprint density at radius 1 is 1.16 bits per heavy atom. The molecule has 32 heavy (non-hydrogen) atoms. The van der Waals surface area contributed by atoms with Crippen molar-refractivity contribution in [3.8, 4) is 17.1 Å². The van der Waals surface area contributed by atoms with E-state index < -0.39 is 5.92 Å². The molecule has 2 heterocycles. The number of nitrogens with zero attached hydrogens (tertiary/aromatic N) is 4. The average molecular weight is 434 g/mol. The highest BCUT2D eigenvalue weighted by molar-refractivity contribution is 5.86. The monoisotopic (exact) mass is 434 g/mol. The highest BCUT2D eigenvalue weighted by Crippen LogP contribution is 2.27. The standard InChI is InChI=1S/C22H22N6O4/c1-31-15-8-6-14(7-9-15)20-25-19(32-28-20)11-10-18(29)23-12-13-24-21-16-4-2-3-5-17(16)22(30)27-26-21/h2-9,17,24H,10-13H2,1H3,(H,23,29). The first-order valence-electron chi connectivity index (χ1n) is 10.2. The number of azo groups is 1. The Balaban J connectivity index is 1.20. The number of hydrogen-bond donors (Lipinski definition) is 2. The van der Waals surface area contributed by atoms with E-state index in [4.69, 9.17) is 9.26 Å². The lowest BCUT2D eigenvalue weighted by Crippen LogP contribution is -2.33. The summed E-state index contributed by atoms with van der Waals surface area (Å²) >= 11 is 0. The van der Waals surface area contributed by atoms with E-state index in [1.54, 1.807) is 13.2 Å². The lowest BCUT2D eigenvalue weighted by atomic mass is 9.93. The van der Waals surface area contributed by atoms with E-state index in [2.05, 4.69) is 31.0 Å². The molecule has 2 aliphatic rings. The summed E-state index contributed by atoms with van der Waals surface area (Å²) in [5.41, 5.74) is 1.58. The number of benzene rings is 1. The van der Waals surface area contributed by atoms with Crippen molar-refractivity contribution in [2.75, 3.05) is 20.2 Å². The van der Waals surface area contributed by atoms with Gasteiger partial charge in [0.25, 0.3) is 5.91 Å². The van der Waals surface area contributed by atoms with Crippen LogP contribution in [0.3, 0.4) is 0 Å². The number of carbonyl (C=O) groups is 2. The van der Waals surface area contributed by atoms with Crippen molar-refractivity contribution in [2.45, 2.75) is 12.8 Å². The van der Waals surface area contributed by atoms with Gasteiger partial charge in [0.1, 0.15) is 5.75 Å². The average Bonchev–Trinajstić information content (AvgIpc) is 3.31. The lowest BCUT2D eigenvalue weighted by Gasteiger charge is -2.20. The first kappa shape index (κ1) is 21.2. The molecule has 1 aliphatic carbocycles. The van der Waals surface area contributed by atoms with Crippen LogP contribution in [0, 0.1) is 5.92 Å². The molecule has 0 saturated carbocycles. The number of rotatable bonds is 9. The van der Waals surface area contributed by atoms with Crippen LogP contribution < -0.4 is 15.4 Å². The molecule has 1 aromatic heterocycles. The van der Waals surface area contributed by atoms with E-state index in [9.17, 15) is 9.59 Å². The number of fused-ring (bicyclic) bond motifs is 1. The number of methoxy groups -OCH3 is 1. The number of carbonyl (C=O) groups excluding carboxylic acids is 2. The van der Waals surface area contributed by atoms with Crippen molar-refractivity contribution in [3.63, 3.8) is 0 Å². The van der Waals surface area contributed by atoms with Crippen LogP contribution in [0.5, 0.6) is 5.75 Å². The van der Waals surface area contributed by atoms with Crippen LogP contribution in [-0.4, -0.2) is 42.2 Å². The normalized spacial score (nSPS) is 16.8. The number of aryl methyl sites for hydroxylation is 1. The molecule has 0 fully saturated rings. The van der Waals surface area contributed by atoms with E-state index >= 15 is 0 Å². The SMILES string of the molecule is COc1ccc(-c2noc(CCC(=O)NCCNC3=C4C=CC=CC4C(=O)N=N3)n2)cc1. The fraction of sp³-hybridized carbons (Fsp3) is 0.273. The molecule has 164 valence electrons. The van der Waals surface area contributed by atoms with E-state index in [0.717, 1.165) is 16.9 Å². The van der Waals surface area contributed by atoms with Crippen molar-refractivity contribution in [1.29, 1.82) is 0 Å². The van der Waals surface area contributed by atoms with Gasteiger partial charge in [0.05, 0.1) is 13.0 Å². The number of hydrogen-bond acceptors (Lipinski definition) is 8. The molecule has 1 unspecified atom stereocenters. The van der Waals surface area contributed by atoms with Gasteiger partial charge in [0.2, 0.25) is 17.6 Å². The Hall–Kier alpha value is -4.08. The van der Waals surface area contributed by atoms with Gasteiger partial charge < -0.3 is 19.9 Å². The zero-order valence-corrected chi connectivity index (χ0v) is 17.4. The summed E-state index contributed by atoms with van der Waals surface area (Å²) in [6, 6.07) is 7.31. The molecule has 0 spiro atoms. The van der Waals surface area contributed by atoms with Gasteiger partial charge in [-0.05, 0) is 24.3 Å². The minimum atomic E-state index is -0.396. The molecule has 2 aromatic rings. The van der Waals surface area contributed by atoms with Crippen LogP contribution in [0.2, 0.25) is 0 Å². The number of aromatic nitrogens is 2. The minimum absolute atomic E-state index is 0.132. The fourth-order valence-corrected chi connectivity index (χ4v) is 3.25. The van der Waals surface area contributed by atoms with Crippen molar-refractivity contribution >= 4 is 11.8 Å². The maximum atomic E-state index is 12.1. The first-order chi connectivity index (χ1) is 15.6. The quantitative estimate of drug-likeness (QED) is 0.579. The van der Waals surface area contributed by atoms with E-state index in [1.807, 2.05) is 42.5 Å². The van der Waals surface area contributed by atoms with Gasteiger partial charge in [-0.1, -0.05) is 29.5 Å². The zero-order valence-electron chi connectivity index (χ0n) is 17.4. The lowest BCUT2D eigenvalue weighted by molar-refractivity contribution is -0.121. The molecule has 2 N–H and O–H groups in total. The molecule has 0 bridgehead atoms. The van der Waals surface area contributed by atoms with Crippen molar-refractivity contribution in [3.05, 3.63) is 65.9 Å². The summed E-state index contributed by atoms with van der Waals surface area (Å²) < 4.78 is 10.4. The third-order valence-electron chi connectivity index (χ3n) is 4.94. The summed E-state index contributed by atoms with van der Waals surface area (Å²) in [6.07, 6.45) is 7.85. The summed E-state index contributed by atoms with van der Waals surface area (Å²) in [4.78, 5) is 28.3. The van der Waals surface area contributed by atoms with Gasteiger partial charge in [-0.3, -0.25) is 9.59 Å². The predicted octanol–water partition coefficient (Wildman–Crippen LogP) is 2.33. The van der Waals surface area contributed by atoms with E-state index in [1.165, 1.54) is 0 Å². The molecule has 10 nitrogen and oxygen atoms in total. The van der Waals surface area contributed by atoms with Crippen LogP contribution in [-0.2, 0) is 16.0 Å². The molecule has 1 aliphatic heterocycles. The largest absolute Gasteiger partial charge is 0.497 e. The summed E-state index contributed by atoms with van der Waals surface area (Å²) in [5, 5.41) is 17.5. The highest BCUT2D eigenvalue weighted by Gasteiger charge is 2.26. The number of allylic oxidation sites excluding steroid dienone is 3. The van der Waals surface area contributed by atoms with Crippen LogP contribution in [0.15, 0.2) is 74.7 Å². The van der Waals surface area contributed by atoms with Gasteiger partial charge in [-0.25, -0.2) is 0 Å². The predicted molar refractivity (Wildman–Crippen MR) is 114 cm³/mol. The topological polar surface area (TPSA) is 131 Å². The van der Waals surface area contributed by atoms with Gasteiger partial charge in [0, 0.05) is 37.1 Å². The maximum absolute atomic E-state index is 12.1. The Morgan fingerprint density at radius 3 is 2.81 bits per heavy atom. The Labute approximate surface area is 184 Å². The minimum Gasteiger partial charge on any atom is -0.497 e. The summed E-state index contributed by atoms with van der Waals surface area (Å²) in [6.45, 7) is 0.842. The first-order valence-corrected chi connectivity index (χ1v) is 10.2. The summed E-state index contributed by atoms with van der Waals surface area (Å²) in [5.74, 6) is 1.34. The Bertz CT molecular complexity index is 1110. The fourth-order valence-electron chi connectivity index (χ4n) is 3.25. The molecule has 10 heteroatoms. The second-order valence-electron chi connectivity index (χ2n) is 7.08. The summed E-state index contributed by atoms with van der Waals surface area (Å²) in [7, 11) is 1.60. The van der Waals surface area contributed by atoms with Gasteiger partial charge in [-0.15, -0.1) is 10.2 Å². The molecular weight excluding hydrogens is 412 g/mol. The smallest absolute Gasteiger partial charge is 0.276 e. The Morgan fingerprint density at radius 2 is 2.00 bits per heavy atom. The van der Waals surface area contributed by atoms with Crippen molar-refractivity contribution < 1.29 is 18.8 Å². The third kappa shape index (κ3) is 4.97. The molecule has 0 radical (unpaired) electrons. The Kier molecular flexibility index (Phi) is 6.49. The van der Waals surface area contributed by atoms with Crippen molar-refractivity contribution in [2.24, 2.45) is 16.1 Å². The van der Waals surface area contributed by atoms with E-state index in [0.29, 0.717) is 37.0 Å². The molecule has 0 saturated heterocycles. The van der Waals surface area contributed by atoms with Gasteiger partial charge in [-0.2, -0.15) is 4.98 Å². The second kappa shape index (κ2) is 9.82. The number of ether oxygens (including phenoxy) is 1. The van der Waals surface area contributed by atoms with Gasteiger partial charge in [0.15, 0.2) is 5.82 Å². The van der Waals surface area contributed by atoms with Crippen LogP contribution in [0.4, 0.5) is 0 Å². The molecule has 2 amide bonds. The third-order valence-corrected chi connectivity index (χ3v) is 4.94. The highest BCUT2D eigenvalue weighted by atomic mass is 16.5.